The number of anilines is 1. The lowest BCUT2D eigenvalue weighted by atomic mass is 10.1. The van der Waals surface area contributed by atoms with E-state index < -0.39 is 24.1 Å². The van der Waals surface area contributed by atoms with Crippen molar-refractivity contribution in [1.82, 2.24) is 15.1 Å². The van der Waals surface area contributed by atoms with E-state index in [4.69, 9.17) is 0 Å². The van der Waals surface area contributed by atoms with Crippen LogP contribution < -0.4 is 10.6 Å². The molecule has 0 saturated heterocycles. The number of imide groups is 1. The van der Waals surface area contributed by atoms with Gasteiger partial charge in [-0.3, -0.25) is 14.8 Å². The van der Waals surface area contributed by atoms with E-state index in [1.807, 2.05) is 24.4 Å². The highest BCUT2D eigenvalue weighted by Crippen LogP contribution is 2.20. The molecule has 0 aliphatic heterocycles. The van der Waals surface area contributed by atoms with E-state index in [1.54, 1.807) is 12.1 Å². The van der Waals surface area contributed by atoms with Gasteiger partial charge in [0.25, 0.3) is 12.3 Å². The average Bonchev–Trinajstić information content (AvgIpc) is 2.90. The lowest BCUT2D eigenvalue weighted by Gasteiger charge is -2.07. The summed E-state index contributed by atoms with van der Waals surface area (Å²) in [5, 5.41) is 7.99. The molecule has 0 radical (unpaired) electrons. The van der Waals surface area contributed by atoms with E-state index in [9.17, 15) is 18.4 Å². The molecule has 0 atom stereocenters. The van der Waals surface area contributed by atoms with E-state index in [0.717, 1.165) is 22.9 Å². The minimum atomic E-state index is -2.90. The van der Waals surface area contributed by atoms with Crippen molar-refractivity contribution >= 4 is 17.6 Å². The van der Waals surface area contributed by atoms with Gasteiger partial charge in [-0.05, 0) is 24.1 Å². The smallest absolute Gasteiger partial charge is 0.308 e. The highest BCUT2D eigenvalue weighted by atomic mass is 19.3. The zero-order valence-electron chi connectivity index (χ0n) is 12.6. The number of hydrogen-bond acceptors (Lipinski definition) is 3. The fraction of sp³-hybridized carbons (Fsp3) is 0.267. The number of carbonyl (C=O) groups is 2. The van der Waals surface area contributed by atoms with Crippen molar-refractivity contribution < 1.29 is 18.4 Å². The summed E-state index contributed by atoms with van der Waals surface area (Å²) in [4.78, 5) is 23.7. The molecular weight excluding hydrogens is 306 g/mol. The third-order valence-electron chi connectivity index (χ3n) is 3.16. The summed E-state index contributed by atoms with van der Waals surface area (Å²) in [5.74, 6) is -0.934. The maximum absolute atomic E-state index is 12.8. The molecular formula is C15H16F2N4O2. The Labute approximate surface area is 131 Å². The predicted octanol–water partition coefficient (Wildman–Crippen LogP) is 2.88. The number of aromatic nitrogens is 2. The molecule has 1 aromatic carbocycles. The fourth-order valence-corrected chi connectivity index (χ4v) is 2.00. The lowest BCUT2D eigenvalue weighted by Crippen LogP contribution is -2.34. The number of urea groups is 1. The topological polar surface area (TPSA) is 76.0 Å². The quantitative estimate of drug-likeness (QED) is 0.909. The Hall–Kier alpha value is -2.77. The van der Waals surface area contributed by atoms with Crippen molar-refractivity contribution in [3.63, 3.8) is 0 Å². The number of nitrogens with zero attached hydrogens (tertiary/aromatic N) is 2. The van der Waals surface area contributed by atoms with Crippen molar-refractivity contribution in [1.29, 1.82) is 0 Å². The first kappa shape index (κ1) is 16.6. The summed E-state index contributed by atoms with van der Waals surface area (Å²) in [6.45, 7) is 2.00. The zero-order valence-corrected chi connectivity index (χ0v) is 12.6. The van der Waals surface area contributed by atoms with Gasteiger partial charge in [0.1, 0.15) is 5.69 Å². The van der Waals surface area contributed by atoms with Gasteiger partial charge < -0.3 is 5.32 Å². The Kier molecular flexibility index (Phi) is 5.05. The van der Waals surface area contributed by atoms with Crippen LogP contribution in [0.25, 0.3) is 0 Å². The normalized spacial score (nSPS) is 10.7. The van der Waals surface area contributed by atoms with Gasteiger partial charge in [-0.25, -0.2) is 13.6 Å². The SMILES string of the molecule is CCc1ccc(NC(=O)NC(=O)c2cn(C)nc2C(F)F)cc1. The number of rotatable bonds is 4. The lowest BCUT2D eigenvalue weighted by molar-refractivity contribution is 0.0952. The molecule has 0 bridgehead atoms. The Balaban J connectivity index is 2.03. The highest BCUT2D eigenvalue weighted by Gasteiger charge is 2.23. The second kappa shape index (κ2) is 6.99. The molecule has 1 heterocycles. The molecule has 2 aromatic rings. The van der Waals surface area contributed by atoms with E-state index in [1.165, 1.54) is 7.05 Å². The van der Waals surface area contributed by atoms with E-state index in [0.29, 0.717) is 5.69 Å². The van der Waals surface area contributed by atoms with Crippen LogP contribution in [0, 0.1) is 0 Å². The summed E-state index contributed by atoms with van der Waals surface area (Å²) in [5.41, 5.74) is 0.598. The van der Waals surface area contributed by atoms with Gasteiger partial charge in [-0.2, -0.15) is 5.10 Å². The van der Waals surface area contributed by atoms with Gasteiger partial charge in [0.05, 0.1) is 5.56 Å². The van der Waals surface area contributed by atoms with Crippen LogP contribution in [0.4, 0.5) is 19.3 Å². The fourth-order valence-electron chi connectivity index (χ4n) is 2.00. The molecule has 1 aromatic heterocycles. The number of alkyl halides is 2. The molecule has 0 spiro atoms. The van der Waals surface area contributed by atoms with Crippen LogP contribution >= 0.6 is 0 Å². The highest BCUT2D eigenvalue weighted by molar-refractivity contribution is 6.08. The zero-order chi connectivity index (χ0) is 17.0. The van der Waals surface area contributed by atoms with Crippen molar-refractivity contribution in [2.75, 3.05) is 5.32 Å². The first-order valence-electron chi connectivity index (χ1n) is 6.93. The molecule has 0 aliphatic rings. The van der Waals surface area contributed by atoms with Gasteiger partial charge >= 0.3 is 6.03 Å². The first-order valence-corrected chi connectivity index (χ1v) is 6.93. The summed E-state index contributed by atoms with van der Waals surface area (Å²) >= 11 is 0. The molecule has 0 fully saturated rings. The van der Waals surface area contributed by atoms with Crippen LogP contribution in [-0.4, -0.2) is 21.7 Å². The Bertz CT molecular complexity index is 711. The number of hydrogen-bond donors (Lipinski definition) is 2. The van der Waals surface area contributed by atoms with Crippen LogP contribution in [0.2, 0.25) is 0 Å². The average molecular weight is 322 g/mol. The maximum Gasteiger partial charge on any atom is 0.326 e. The number of amides is 3. The largest absolute Gasteiger partial charge is 0.326 e. The summed E-state index contributed by atoms with van der Waals surface area (Å²) in [6, 6.07) is 6.26. The second-order valence-corrected chi connectivity index (χ2v) is 4.86. The number of nitrogens with one attached hydrogen (secondary N) is 2. The Morgan fingerprint density at radius 3 is 2.48 bits per heavy atom. The van der Waals surface area contributed by atoms with Crippen molar-refractivity contribution in [3.05, 3.63) is 47.3 Å². The monoisotopic (exact) mass is 322 g/mol. The predicted molar refractivity (Wildman–Crippen MR) is 80.5 cm³/mol. The molecule has 6 nitrogen and oxygen atoms in total. The number of benzene rings is 1. The van der Waals surface area contributed by atoms with Gasteiger partial charge in [-0.1, -0.05) is 19.1 Å². The summed E-state index contributed by atoms with van der Waals surface area (Å²) in [6.07, 6.45) is -0.899. The second-order valence-electron chi connectivity index (χ2n) is 4.86. The molecule has 3 amide bonds. The minimum Gasteiger partial charge on any atom is -0.308 e. The minimum absolute atomic E-state index is 0.334. The summed E-state index contributed by atoms with van der Waals surface area (Å²) < 4.78 is 26.7. The molecule has 2 N–H and O–H groups in total. The molecule has 0 unspecified atom stereocenters. The molecule has 0 aliphatic carbocycles. The van der Waals surface area contributed by atoms with Crippen LogP contribution in [0.15, 0.2) is 30.5 Å². The number of carbonyl (C=O) groups excluding carboxylic acids is 2. The van der Waals surface area contributed by atoms with Gasteiger partial charge in [0.2, 0.25) is 0 Å². The number of aryl methyl sites for hydroxylation is 2. The maximum atomic E-state index is 12.8. The Morgan fingerprint density at radius 1 is 1.26 bits per heavy atom. The first-order chi connectivity index (χ1) is 10.9. The molecule has 2 rings (SSSR count). The van der Waals surface area contributed by atoms with Crippen LogP contribution in [0.3, 0.4) is 0 Å². The summed E-state index contributed by atoms with van der Waals surface area (Å²) in [7, 11) is 1.41. The molecule has 122 valence electrons. The van der Waals surface area contributed by atoms with Crippen LogP contribution in [-0.2, 0) is 13.5 Å². The van der Waals surface area contributed by atoms with E-state index in [-0.39, 0.29) is 5.56 Å². The molecule has 8 heteroatoms. The van der Waals surface area contributed by atoms with Gasteiger partial charge in [-0.15, -0.1) is 0 Å². The van der Waals surface area contributed by atoms with Gasteiger partial charge in [0, 0.05) is 18.9 Å². The molecule has 0 saturated carbocycles. The standard InChI is InChI=1S/C15H16F2N4O2/c1-3-9-4-6-10(7-5-9)18-15(23)19-14(22)11-8-21(2)20-12(11)13(16)17/h4-8,13H,3H2,1-2H3,(H2,18,19,22,23). The van der Waals surface area contributed by atoms with Crippen molar-refractivity contribution in [3.8, 4) is 0 Å². The van der Waals surface area contributed by atoms with Gasteiger partial charge in [0.15, 0.2) is 0 Å². The Morgan fingerprint density at radius 2 is 1.91 bits per heavy atom. The van der Waals surface area contributed by atoms with E-state index in [2.05, 4.69) is 10.4 Å². The van der Waals surface area contributed by atoms with Crippen LogP contribution in [0.5, 0.6) is 0 Å². The third-order valence-corrected chi connectivity index (χ3v) is 3.16. The van der Waals surface area contributed by atoms with E-state index >= 15 is 0 Å². The third kappa shape index (κ3) is 4.12. The van der Waals surface area contributed by atoms with Crippen molar-refractivity contribution in [2.24, 2.45) is 7.05 Å². The van der Waals surface area contributed by atoms with Crippen molar-refractivity contribution in [2.45, 2.75) is 19.8 Å². The number of halogens is 2. The van der Waals surface area contributed by atoms with Crippen LogP contribution in [0.1, 0.15) is 35.0 Å². The molecule has 23 heavy (non-hydrogen) atoms.